The third-order valence-electron chi connectivity index (χ3n) is 2.02. The number of hydrogen-bond donors (Lipinski definition) is 2. The van der Waals surface area contributed by atoms with E-state index in [1.807, 2.05) is 19.1 Å². The molecular formula is C15H20O3S2. The van der Waals surface area contributed by atoms with Crippen molar-refractivity contribution in [3.05, 3.63) is 71.4 Å². The van der Waals surface area contributed by atoms with Gasteiger partial charge in [0.15, 0.2) is 0 Å². The molecule has 3 nitrogen and oxygen atoms in total. The Balaban J connectivity index is 4.68. The molecule has 20 heavy (non-hydrogen) atoms. The fourth-order valence-electron chi connectivity index (χ4n) is 1.20. The van der Waals surface area contributed by atoms with E-state index in [-0.39, 0.29) is 0 Å². The van der Waals surface area contributed by atoms with Crippen LogP contribution in [0, 0.1) is 0 Å². The highest BCUT2D eigenvalue weighted by Crippen LogP contribution is 2.15. The van der Waals surface area contributed by atoms with Crippen molar-refractivity contribution in [2.45, 2.75) is 19.8 Å². The highest BCUT2D eigenvalue weighted by Gasteiger charge is 1.98. The maximum absolute atomic E-state index is 8.77. The predicted molar refractivity (Wildman–Crippen MR) is 90.2 cm³/mol. The molecule has 0 atom stereocenters. The van der Waals surface area contributed by atoms with Crippen molar-refractivity contribution in [2.75, 3.05) is 0 Å². The first-order valence-corrected chi connectivity index (χ1v) is 7.62. The molecule has 0 saturated carbocycles. The summed E-state index contributed by atoms with van der Waals surface area (Å²) < 4.78 is 23.1. The molecule has 0 heterocycles. The van der Waals surface area contributed by atoms with Gasteiger partial charge in [0.25, 0.3) is 0 Å². The Morgan fingerprint density at radius 3 is 2.65 bits per heavy atom. The summed E-state index contributed by atoms with van der Waals surface area (Å²) in [4.78, 5) is 0.572. The van der Waals surface area contributed by atoms with Gasteiger partial charge in [0, 0.05) is 35.4 Å². The second-order valence-electron chi connectivity index (χ2n) is 3.55. The summed E-state index contributed by atoms with van der Waals surface area (Å²) in [5, 5.41) is 1.53. The van der Waals surface area contributed by atoms with Crippen molar-refractivity contribution in [1.82, 2.24) is 0 Å². The van der Waals surface area contributed by atoms with Crippen LogP contribution in [0.3, 0.4) is 0 Å². The van der Waals surface area contributed by atoms with Crippen molar-refractivity contribution >= 4 is 24.1 Å². The van der Waals surface area contributed by atoms with Crippen molar-refractivity contribution in [1.29, 1.82) is 0 Å². The molecule has 110 valence electrons. The monoisotopic (exact) mass is 312 g/mol. The van der Waals surface area contributed by atoms with Gasteiger partial charge in [-0.05, 0) is 36.1 Å². The summed E-state index contributed by atoms with van der Waals surface area (Å²) in [6.07, 6.45) is 12.0. The van der Waals surface area contributed by atoms with E-state index in [0.29, 0.717) is 41.2 Å². The molecule has 0 amide bonds. The average molecular weight is 312 g/mol. The zero-order valence-electron chi connectivity index (χ0n) is 11.5. The third-order valence-corrected chi connectivity index (χ3v) is 2.67. The first-order valence-electron chi connectivity index (χ1n) is 6.01. The highest BCUT2D eigenvalue weighted by atomic mass is 32.2. The van der Waals surface area contributed by atoms with E-state index in [1.165, 1.54) is 5.41 Å². The smallest absolute Gasteiger partial charge is 0.126 e. The lowest BCUT2D eigenvalue weighted by molar-refractivity contribution is 0.311. The molecule has 0 aromatic heterocycles. The maximum Gasteiger partial charge on any atom is 0.126 e. The fraction of sp³-hybridized carbons (Fsp3) is 0.200. The van der Waals surface area contributed by atoms with Crippen molar-refractivity contribution in [2.24, 2.45) is 0 Å². The molecule has 0 aliphatic carbocycles. The minimum absolute atomic E-state index is 0.572. The standard InChI is InChI=1S/C15H20O3S2/c1-4-8-15(10-6-9-13(3)20-17)18-14(5-2)11-7-12-19-16/h5-9,11-12,16-17H,2-4,10H2,1H3/b9-6-,12-7+,14-11+,15-8+. The van der Waals surface area contributed by atoms with E-state index in [9.17, 15) is 0 Å². The number of allylic oxidation sites excluding steroid dienone is 6. The molecule has 0 fully saturated rings. The largest absolute Gasteiger partial charge is 0.462 e. The van der Waals surface area contributed by atoms with Gasteiger partial charge in [-0.25, -0.2) is 0 Å². The Hall–Kier alpha value is -1.14. The summed E-state index contributed by atoms with van der Waals surface area (Å²) in [6, 6.07) is 0. The molecule has 2 N–H and O–H groups in total. The van der Waals surface area contributed by atoms with Crippen molar-refractivity contribution in [3.63, 3.8) is 0 Å². The Labute approximate surface area is 129 Å². The normalized spacial score (nSPS) is 13.2. The summed E-state index contributed by atoms with van der Waals surface area (Å²) in [7, 11) is 0. The summed E-state index contributed by atoms with van der Waals surface area (Å²) in [5.41, 5.74) is 0. The van der Waals surface area contributed by atoms with Crippen LogP contribution in [0.15, 0.2) is 71.4 Å². The average Bonchev–Trinajstić information content (AvgIpc) is 2.46. The van der Waals surface area contributed by atoms with Crippen molar-refractivity contribution < 1.29 is 13.8 Å². The van der Waals surface area contributed by atoms with Crippen LogP contribution >= 0.6 is 24.1 Å². The van der Waals surface area contributed by atoms with E-state index < -0.39 is 0 Å². The Morgan fingerprint density at radius 2 is 2.10 bits per heavy atom. The quantitative estimate of drug-likeness (QED) is 0.305. The number of hydrogen-bond acceptors (Lipinski definition) is 5. The zero-order chi connectivity index (χ0) is 15.2. The summed E-state index contributed by atoms with van der Waals surface area (Å²) in [6.45, 7) is 9.35. The SMILES string of the molecule is C=C/C(=C\C=C\SO)O/C(=C/CC)C/C=C\C(=C)SO. The van der Waals surface area contributed by atoms with E-state index in [4.69, 9.17) is 13.8 Å². The minimum Gasteiger partial charge on any atom is -0.462 e. The highest BCUT2D eigenvalue weighted by molar-refractivity contribution is 7.97. The van der Waals surface area contributed by atoms with Gasteiger partial charge in [-0.3, -0.25) is 0 Å². The van der Waals surface area contributed by atoms with Crippen LogP contribution in [0.4, 0.5) is 0 Å². The molecule has 0 bridgehead atoms. The van der Waals surface area contributed by atoms with Gasteiger partial charge in [-0.15, -0.1) is 0 Å². The van der Waals surface area contributed by atoms with Gasteiger partial charge in [-0.2, -0.15) is 0 Å². The van der Waals surface area contributed by atoms with E-state index in [2.05, 4.69) is 13.2 Å². The summed E-state index contributed by atoms with van der Waals surface area (Å²) in [5.74, 6) is 1.38. The molecule has 0 saturated heterocycles. The van der Waals surface area contributed by atoms with Crippen LogP contribution in [0.1, 0.15) is 19.8 Å². The maximum atomic E-state index is 8.77. The van der Waals surface area contributed by atoms with Crippen LogP contribution in [0.2, 0.25) is 0 Å². The predicted octanol–water partition coefficient (Wildman–Crippen LogP) is 5.75. The van der Waals surface area contributed by atoms with Gasteiger partial charge in [0.2, 0.25) is 0 Å². The number of ether oxygens (including phenoxy) is 1. The zero-order valence-corrected chi connectivity index (χ0v) is 13.1. The Bertz CT molecular complexity index is 421. The fourth-order valence-corrected chi connectivity index (χ4v) is 1.50. The second kappa shape index (κ2) is 12.9. The molecule has 0 unspecified atom stereocenters. The Morgan fingerprint density at radius 1 is 1.35 bits per heavy atom. The second-order valence-corrected chi connectivity index (χ2v) is 4.74. The molecule has 0 spiro atoms. The first kappa shape index (κ1) is 18.9. The van der Waals surface area contributed by atoms with Crippen LogP contribution in [-0.2, 0) is 4.74 Å². The van der Waals surface area contributed by atoms with Crippen LogP contribution < -0.4 is 0 Å². The molecule has 0 aliphatic heterocycles. The molecular weight excluding hydrogens is 292 g/mol. The van der Waals surface area contributed by atoms with E-state index in [0.717, 1.165) is 12.2 Å². The minimum atomic E-state index is 0.572. The van der Waals surface area contributed by atoms with Crippen LogP contribution in [-0.4, -0.2) is 9.11 Å². The topological polar surface area (TPSA) is 49.7 Å². The van der Waals surface area contributed by atoms with Crippen LogP contribution in [0.25, 0.3) is 0 Å². The Kier molecular flexibility index (Phi) is 12.1. The summed E-state index contributed by atoms with van der Waals surface area (Å²) >= 11 is 1.24. The van der Waals surface area contributed by atoms with Gasteiger partial charge in [-0.1, -0.05) is 32.2 Å². The van der Waals surface area contributed by atoms with Gasteiger partial charge in [0.1, 0.15) is 11.5 Å². The lowest BCUT2D eigenvalue weighted by Crippen LogP contribution is -1.90. The number of rotatable bonds is 10. The molecule has 0 radical (unpaired) electrons. The molecule has 0 aromatic carbocycles. The van der Waals surface area contributed by atoms with Crippen LogP contribution in [0.5, 0.6) is 0 Å². The molecule has 5 heteroatoms. The lowest BCUT2D eigenvalue weighted by atomic mass is 10.2. The first-order chi connectivity index (χ1) is 9.67. The van der Waals surface area contributed by atoms with Crippen molar-refractivity contribution in [3.8, 4) is 0 Å². The van der Waals surface area contributed by atoms with E-state index >= 15 is 0 Å². The van der Waals surface area contributed by atoms with Gasteiger partial charge in [0.05, 0.1) is 0 Å². The molecule has 0 rings (SSSR count). The van der Waals surface area contributed by atoms with Gasteiger partial charge < -0.3 is 13.8 Å². The molecule has 0 aromatic rings. The lowest BCUT2D eigenvalue weighted by Gasteiger charge is -2.08. The third kappa shape index (κ3) is 9.75. The van der Waals surface area contributed by atoms with Gasteiger partial charge >= 0.3 is 0 Å². The molecule has 0 aliphatic rings. The van der Waals surface area contributed by atoms with E-state index in [1.54, 1.807) is 24.3 Å².